The highest BCUT2D eigenvalue weighted by Crippen LogP contribution is 2.27. The number of rotatable bonds is 7. The molecule has 1 unspecified atom stereocenters. The summed E-state index contributed by atoms with van der Waals surface area (Å²) in [6.45, 7) is 0.360. The number of hydrogen-bond donors (Lipinski definition) is 1. The van der Waals surface area contributed by atoms with Gasteiger partial charge in [-0.2, -0.15) is 5.26 Å². The van der Waals surface area contributed by atoms with Gasteiger partial charge >= 0.3 is 5.97 Å². The van der Waals surface area contributed by atoms with E-state index < -0.39 is 5.97 Å². The van der Waals surface area contributed by atoms with E-state index in [0.29, 0.717) is 24.5 Å². The Labute approximate surface area is 134 Å². The summed E-state index contributed by atoms with van der Waals surface area (Å²) in [6, 6.07) is 15.9. The molecule has 23 heavy (non-hydrogen) atoms. The van der Waals surface area contributed by atoms with Gasteiger partial charge in [0.25, 0.3) is 0 Å². The van der Waals surface area contributed by atoms with Crippen LogP contribution in [0.3, 0.4) is 0 Å². The molecule has 0 saturated heterocycles. The van der Waals surface area contributed by atoms with Crippen LogP contribution in [0.25, 0.3) is 0 Å². The van der Waals surface area contributed by atoms with Gasteiger partial charge in [0.15, 0.2) is 11.5 Å². The third-order valence-corrected chi connectivity index (χ3v) is 3.45. The molecule has 0 aliphatic heterocycles. The number of carbonyl (C=O) groups is 1. The molecule has 2 aromatic carbocycles. The van der Waals surface area contributed by atoms with Crippen molar-refractivity contribution in [2.75, 3.05) is 13.7 Å². The standard InChI is InChI=1S/C18H17NO4/c1-22-16-4-2-3-5-17(16)23-11-10-15(12-19)13-6-8-14(9-7-13)18(20)21/h2-9,15H,10-11H2,1H3,(H,20,21). The van der Waals surface area contributed by atoms with Crippen LogP contribution in [0.2, 0.25) is 0 Å². The molecule has 0 radical (unpaired) electrons. The van der Waals surface area contributed by atoms with Crippen LogP contribution in [-0.2, 0) is 0 Å². The molecule has 1 N–H and O–H groups in total. The van der Waals surface area contributed by atoms with Crippen molar-refractivity contribution in [1.29, 1.82) is 5.26 Å². The second-order valence-corrected chi connectivity index (χ2v) is 4.90. The molecule has 0 spiro atoms. The maximum absolute atomic E-state index is 10.8. The summed E-state index contributed by atoms with van der Waals surface area (Å²) in [5, 5.41) is 18.2. The molecule has 2 aromatic rings. The van der Waals surface area contributed by atoms with Gasteiger partial charge in [-0.3, -0.25) is 0 Å². The van der Waals surface area contributed by atoms with E-state index in [9.17, 15) is 10.1 Å². The zero-order valence-corrected chi connectivity index (χ0v) is 12.7. The minimum atomic E-state index is -0.982. The molecule has 0 aromatic heterocycles. The van der Waals surface area contributed by atoms with E-state index in [-0.39, 0.29) is 11.5 Å². The highest BCUT2D eigenvalue weighted by Gasteiger charge is 2.12. The monoisotopic (exact) mass is 311 g/mol. The molecule has 0 heterocycles. The van der Waals surface area contributed by atoms with Crippen LogP contribution >= 0.6 is 0 Å². The summed E-state index contributed by atoms with van der Waals surface area (Å²) < 4.78 is 10.9. The van der Waals surface area contributed by atoms with Crippen molar-refractivity contribution in [2.45, 2.75) is 12.3 Å². The number of ether oxygens (including phenoxy) is 2. The van der Waals surface area contributed by atoms with Crippen molar-refractivity contribution < 1.29 is 19.4 Å². The summed E-state index contributed by atoms with van der Waals surface area (Å²) in [7, 11) is 1.57. The van der Waals surface area contributed by atoms with Crippen LogP contribution in [0.5, 0.6) is 11.5 Å². The Morgan fingerprint density at radius 1 is 1.17 bits per heavy atom. The van der Waals surface area contributed by atoms with Gasteiger partial charge in [-0.15, -0.1) is 0 Å². The normalized spacial score (nSPS) is 11.3. The smallest absolute Gasteiger partial charge is 0.335 e. The first-order valence-corrected chi connectivity index (χ1v) is 7.14. The van der Waals surface area contributed by atoms with Crippen LogP contribution in [0.4, 0.5) is 0 Å². The lowest BCUT2D eigenvalue weighted by Crippen LogP contribution is -2.06. The Bertz CT molecular complexity index is 704. The quantitative estimate of drug-likeness (QED) is 0.847. The van der Waals surface area contributed by atoms with Gasteiger partial charge in [0.05, 0.1) is 31.3 Å². The van der Waals surface area contributed by atoms with E-state index in [2.05, 4.69) is 6.07 Å². The van der Waals surface area contributed by atoms with Crippen molar-refractivity contribution in [3.8, 4) is 17.6 Å². The van der Waals surface area contributed by atoms with Crippen molar-refractivity contribution in [1.82, 2.24) is 0 Å². The molecular weight excluding hydrogens is 294 g/mol. The number of para-hydroxylation sites is 2. The average Bonchev–Trinajstić information content (AvgIpc) is 2.59. The predicted molar refractivity (Wildman–Crippen MR) is 84.9 cm³/mol. The molecule has 1 atom stereocenters. The fraction of sp³-hybridized carbons (Fsp3) is 0.222. The van der Waals surface area contributed by atoms with Crippen LogP contribution in [-0.4, -0.2) is 24.8 Å². The van der Waals surface area contributed by atoms with Crippen LogP contribution in [0.1, 0.15) is 28.3 Å². The van der Waals surface area contributed by atoms with E-state index in [1.165, 1.54) is 12.1 Å². The van der Waals surface area contributed by atoms with Crippen molar-refractivity contribution in [2.24, 2.45) is 0 Å². The molecule has 0 fully saturated rings. The Morgan fingerprint density at radius 3 is 2.39 bits per heavy atom. The van der Waals surface area contributed by atoms with Gasteiger partial charge in [0, 0.05) is 6.42 Å². The van der Waals surface area contributed by atoms with Gasteiger partial charge in [-0.25, -0.2) is 4.79 Å². The number of carboxylic acids is 1. The first kappa shape index (κ1) is 16.4. The SMILES string of the molecule is COc1ccccc1OCCC(C#N)c1ccc(C(=O)O)cc1. The molecule has 0 amide bonds. The van der Waals surface area contributed by atoms with Gasteiger partial charge in [0.1, 0.15) is 0 Å². The Kier molecular flexibility index (Phi) is 5.59. The predicted octanol–water partition coefficient (Wildman–Crippen LogP) is 3.47. The highest BCUT2D eigenvalue weighted by molar-refractivity contribution is 5.87. The van der Waals surface area contributed by atoms with E-state index in [1.54, 1.807) is 19.2 Å². The van der Waals surface area contributed by atoms with Gasteiger partial charge in [-0.05, 0) is 29.8 Å². The van der Waals surface area contributed by atoms with Crippen LogP contribution in [0.15, 0.2) is 48.5 Å². The summed E-state index contributed by atoms with van der Waals surface area (Å²) in [5.41, 5.74) is 0.983. The molecule has 5 nitrogen and oxygen atoms in total. The molecule has 0 aliphatic carbocycles. The second-order valence-electron chi connectivity index (χ2n) is 4.90. The Hall–Kier alpha value is -3.00. The van der Waals surface area contributed by atoms with Gasteiger partial charge in [-0.1, -0.05) is 24.3 Å². The van der Waals surface area contributed by atoms with Crippen molar-refractivity contribution >= 4 is 5.97 Å². The largest absolute Gasteiger partial charge is 0.493 e. The number of benzene rings is 2. The first-order valence-electron chi connectivity index (χ1n) is 7.14. The summed E-state index contributed by atoms with van der Waals surface area (Å²) in [6.07, 6.45) is 0.501. The lowest BCUT2D eigenvalue weighted by molar-refractivity contribution is 0.0697. The third kappa shape index (κ3) is 4.24. The van der Waals surface area contributed by atoms with Crippen molar-refractivity contribution in [3.63, 3.8) is 0 Å². The number of carboxylic acid groups (broad SMARTS) is 1. The fourth-order valence-corrected chi connectivity index (χ4v) is 2.19. The molecule has 5 heteroatoms. The van der Waals surface area contributed by atoms with E-state index in [0.717, 1.165) is 5.56 Å². The summed E-state index contributed by atoms with van der Waals surface area (Å²) in [4.78, 5) is 10.8. The summed E-state index contributed by atoms with van der Waals surface area (Å²) in [5.74, 6) is -0.0585. The zero-order chi connectivity index (χ0) is 16.7. The second kappa shape index (κ2) is 7.85. The maximum atomic E-state index is 10.8. The highest BCUT2D eigenvalue weighted by atomic mass is 16.5. The Balaban J connectivity index is 1.97. The lowest BCUT2D eigenvalue weighted by atomic mass is 9.96. The zero-order valence-electron chi connectivity index (χ0n) is 12.7. The van der Waals surface area contributed by atoms with E-state index in [4.69, 9.17) is 14.6 Å². The topological polar surface area (TPSA) is 79.5 Å². The average molecular weight is 311 g/mol. The minimum Gasteiger partial charge on any atom is -0.493 e. The number of aromatic carboxylic acids is 1. The van der Waals surface area contributed by atoms with Crippen LogP contribution in [0, 0.1) is 11.3 Å². The summed E-state index contributed by atoms with van der Waals surface area (Å²) >= 11 is 0. The molecule has 0 aliphatic rings. The third-order valence-electron chi connectivity index (χ3n) is 3.45. The minimum absolute atomic E-state index is 0.204. The van der Waals surface area contributed by atoms with Crippen LogP contribution < -0.4 is 9.47 Å². The number of nitriles is 1. The Morgan fingerprint density at radius 2 is 1.83 bits per heavy atom. The number of methoxy groups -OCH3 is 1. The molecule has 0 saturated carbocycles. The number of hydrogen-bond acceptors (Lipinski definition) is 4. The molecule has 0 bridgehead atoms. The van der Waals surface area contributed by atoms with E-state index in [1.807, 2.05) is 24.3 Å². The maximum Gasteiger partial charge on any atom is 0.335 e. The van der Waals surface area contributed by atoms with Gasteiger partial charge in [0.2, 0.25) is 0 Å². The van der Waals surface area contributed by atoms with E-state index >= 15 is 0 Å². The number of nitrogens with zero attached hydrogens (tertiary/aromatic N) is 1. The first-order chi connectivity index (χ1) is 11.2. The fourth-order valence-electron chi connectivity index (χ4n) is 2.19. The molecule has 118 valence electrons. The van der Waals surface area contributed by atoms with Gasteiger partial charge < -0.3 is 14.6 Å². The lowest BCUT2D eigenvalue weighted by Gasteiger charge is -2.13. The molecule has 2 rings (SSSR count). The van der Waals surface area contributed by atoms with Crippen molar-refractivity contribution in [3.05, 3.63) is 59.7 Å². The molecular formula is C18H17NO4.